The first-order chi connectivity index (χ1) is 11.7. The first-order valence-corrected chi connectivity index (χ1v) is 7.66. The first kappa shape index (κ1) is 18.8. The summed E-state index contributed by atoms with van der Waals surface area (Å²) >= 11 is 0. The van der Waals surface area contributed by atoms with E-state index in [2.05, 4.69) is 29.9 Å². The van der Waals surface area contributed by atoms with Crippen molar-refractivity contribution in [3.05, 3.63) is 30.3 Å². The second-order valence-corrected chi connectivity index (χ2v) is 6.15. The number of alkyl halides is 3. The molecule has 0 aliphatic carbocycles. The molecule has 0 bridgehead atoms. The summed E-state index contributed by atoms with van der Waals surface area (Å²) in [6, 6.07) is 1.59. The molecule has 0 aromatic carbocycles. The van der Waals surface area contributed by atoms with E-state index in [-0.39, 0.29) is 18.2 Å². The first-order valence-electron chi connectivity index (χ1n) is 7.66. The van der Waals surface area contributed by atoms with Gasteiger partial charge < -0.3 is 9.84 Å². The van der Waals surface area contributed by atoms with Crippen LogP contribution in [0.15, 0.2) is 23.1 Å². The quantitative estimate of drug-likeness (QED) is 0.765. The van der Waals surface area contributed by atoms with Crippen molar-refractivity contribution in [3.63, 3.8) is 0 Å². The molecule has 2 heterocycles. The number of nitrogens with one attached hydrogen (secondary N) is 1. The highest BCUT2D eigenvalue weighted by Gasteiger charge is 2.38. The number of aromatic nitrogens is 4. The summed E-state index contributed by atoms with van der Waals surface area (Å²) in [7, 11) is 0. The molecule has 0 atom stereocenters. The van der Waals surface area contributed by atoms with E-state index in [1.165, 1.54) is 12.5 Å². The van der Waals surface area contributed by atoms with Gasteiger partial charge in [-0.1, -0.05) is 25.4 Å². The van der Waals surface area contributed by atoms with Crippen LogP contribution in [0.3, 0.4) is 0 Å². The summed E-state index contributed by atoms with van der Waals surface area (Å²) in [5.74, 6) is -1.10. The van der Waals surface area contributed by atoms with Crippen LogP contribution in [0, 0.1) is 5.41 Å². The van der Waals surface area contributed by atoms with Crippen LogP contribution >= 0.6 is 0 Å². The third-order valence-electron chi connectivity index (χ3n) is 3.60. The zero-order chi connectivity index (χ0) is 18.5. The second kappa shape index (κ2) is 7.58. The highest BCUT2D eigenvalue weighted by Crippen LogP contribution is 2.28. The standard InChI is InChI=1S/C15H18F3N5O2/c1-14(2,12(24)21-10-6-8-19-9-20-10)7-4-3-5-11-22-13(25-23-11)15(16,17)18/h6,8-9H,3-5,7H2,1-2H3,(H,19,20,21,24). The minimum Gasteiger partial charge on any atom is -0.329 e. The van der Waals surface area contributed by atoms with Crippen molar-refractivity contribution in [3.8, 4) is 0 Å². The van der Waals surface area contributed by atoms with E-state index in [4.69, 9.17) is 0 Å². The van der Waals surface area contributed by atoms with Crippen molar-refractivity contribution in [2.24, 2.45) is 5.41 Å². The third kappa shape index (κ3) is 5.50. The van der Waals surface area contributed by atoms with Gasteiger partial charge in [-0.05, 0) is 18.9 Å². The third-order valence-corrected chi connectivity index (χ3v) is 3.60. The van der Waals surface area contributed by atoms with Crippen LogP contribution in [0.4, 0.5) is 19.0 Å². The SMILES string of the molecule is CC(C)(CCCCc1noc(C(F)(F)F)n1)C(=O)Nc1ccncn1. The number of carbonyl (C=O) groups is 1. The van der Waals surface area contributed by atoms with Crippen molar-refractivity contribution in [2.45, 2.75) is 45.7 Å². The van der Waals surface area contributed by atoms with E-state index >= 15 is 0 Å². The van der Waals surface area contributed by atoms with Crippen LogP contribution < -0.4 is 5.32 Å². The molecule has 0 unspecified atom stereocenters. The number of nitrogens with zero attached hydrogens (tertiary/aromatic N) is 4. The summed E-state index contributed by atoms with van der Waals surface area (Å²) in [4.78, 5) is 23.3. The molecular weight excluding hydrogens is 339 g/mol. The lowest BCUT2D eigenvalue weighted by molar-refractivity contribution is -0.159. The van der Waals surface area contributed by atoms with Crippen LogP contribution in [0.2, 0.25) is 0 Å². The summed E-state index contributed by atoms with van der Waals surface area (Å²) in [6.07, 6.45) is 0.197. The fourth-order valence-corrected chi connectivity index (χ4v) is 2.08. The summed E-state index contributed by atoms with van der Waals surface area (Å²) < 4.78 is 41.3. The zero-order valence-electron chi connectivity index (χ0n) is 13.8. The molecule has 0 radical (unpaired) electrons. The minimum atomic E-state index is -4.63. The van der Waals surface area contributed by atoms with Crippen LogP contribution in [0.1, 0.15) is 44.8 Å². The molecule has 0 spiro atoms. The molecule has 0 aliphatic heterocycles. The Hall–Kier alpha value is -2.52. The van der Waals surface area contributed by atoms with Crippen molar-refractivity contribution in [1.82, 2.24) is 20.1 Å². The Morgan fingerprint density at radius 3 is 2.64 bits per heavy atom. The Bertz CT molecular complexity index is 701. The van der Waals surface area contributed by atoms with E-state index in [9.17, 15) is 18.0 Å². The average Bonchev–Trinajstić information content (AvgIpc) is 3.02. The molecule has 25 heavy (non-hydrogen) atoms. The molecule has 2 aromatic rings. The molecular formula is C15H18F3N5O2. The predicted octanol–water partition coefficient (Wildman–Crippen LogP) is 3.26. The van der Waals surface area contributed by atoms with Crippen molar-refractivity contribution in [2.75, 3.05) is 5.32 Å². The normalized spacial score (nSPS) is 12.2. The van der Waals surface area contributed by atoms with Crippen molar-refractivity contribution in [1.29, 1.82) is 0 Å². The van der Waals surface area contributed by atoms with E-state index in [1.807, 2.05) is 0 Å². The van der Waals surface area contributed by atoms with Gasteiger partial charge in [0.25, 0.3) is 0 Å². The predicted molar refractivity (Wildman–Crippen MR) is 81.3 cm³/mol. The summed E-state index contributed by atoms with van der Waals surface area (Å²) in [5.41, 5.74) is -0.653. The number of rotatable bonds is 7. The van der Waals surface area contributed by atoms with Gasteiger partial charge in [-0.25, -0.2) is 9.97 Å². The number of anilines is 1. The Morgan fingerprint density at radius 2 is 2.04 bits per heavy atom. The zero-order valence-corrected chi connectivity index (χ0v) is 13.8. The molecule has 2 aromatic heterocycles. The number of halogens is 3. The smallest absolute Gasteiger partial charge is 0.329 e. The Labute approximate surface area is 142 Å². The fourth-order valence-electron chi connectivity index (χ4n) is 2.08. The maximum atomic E-state index is 12.4. The highest BCUT2D eigenvalue weighted by atomic mass is 19.4. The molecule has 0 saturated carbocycles. The number of carbonyl (C=O) groups excluding carboxylic acids is 1. The van der Waals surface area contributed by atoms with Crippen LogP contribution in [-0.4, -0.2) is 26.0 Å². The van der Waals surface area contributed by atoms with Gasteiger partial charge in [0.15, 0.2) is 5.82 Å². The van der Waals surface area contributed by atoms with Crippen LogP contribution in [0.25, 0.3) is 0 Å². The lowest BCUT2D eigenvalue weighted by Gasteiger charge is -2.23. The molecule has 0 saturated heterocycles. The molecule has 1 amide bonds. The largest absolute Gasteiger partial charge is 0.471 e. The number of amides is 1. The van der Waals surface area contributed by atoms with Gasteiger partial charge in [0.2, 0.25) is 5.91 Å². The molecule has 2 rings (SSSR count). The molecule has 0 aliphatic rings. The number of hydrogen-bond donors (Lipinski definition) is 1. The summed E-state index contributed by atoms with van der Waals surface area (Å²) in [5, 5.41) is 6.01. The number of aryl methyl sites for hydroxylation is 1. The highest BCUT2D eigenvalue weighted by molar-refractivity contribution is 5.93. The van der Waals surface area contributed by atoms with Gasteiger partial charge in [-0.2, -0.15) is 18.2 Å². The number of unbranched alkanes of at least 4 members (excludes halogenated alkanes) is 1. The number of hydrogen-bond acceptors (Lipinski definition) is 6. The van der Waals surface area contributed by atoms with E-state index in [1.54, 1.807) is 19.9 Å². The molecule has 1 N–H and O–H groups in total. The molecule has 10 heteroatoms. The van der Waals surface area contributed by atoms with Gasteiger partial charge >= 0.3 is 12.1 Å². The van der Waals surface area contributed by atoms with E-state index in [0.29, 0.717) is 25.1 Å². The van der Waals surface area contributed by atoms with Crippen LogP contribution in [-0.2, 0) is 17.4 Å². The average molecular weight is 357 g/mol. The lowest BCUT2D eigenvalue weighted by Crippen LogP contribution is -2.31. The minimum absolute atomic E-state index is 0.00979. The van der Waals surface area contributed by atoms with Crippen molar-refractivity contribution < 1.29 is 22.5 Å². The Morgan fingerprint density at radius 1 is 1.28 bits per heavy atom. The Balaban J connectivity index is 1.78. The van der Waals surface area contributed by atoms with Crippen LogP contribution in [0.5, 0.6) is 0 Å². The van der Waals surface area contributed by atoms with Gasteiger partial charge in [0.1, 0.15) is 12.1 Å². The lowest BCUT2D eigenvalue weighted by atomic mass is 9.86. The molecule has 136 valence electrons. The van der Waals surface area contributed by atoms with E-state index in [0.717, 1.165) is 0 Å². The van der Waals surface area contributed by atoms with E-state index < -0.39 is 17.5 Å². The maximum Gasteiger partial charge on any atom is 0.471 e. The fraction of sp³-hybridized carbons (Fsp3) is 0.533. The Kier molecular flexibility index (Phi) is 5.70. The molecule has 7 nitrogen and oxygen atoms in total. The maximum absolute atomic E-state index is 12.4. The van der Waals surface area contributed by atoms with Gasteiger partial charge in [0, 0.05) is 18.0 Å². The van der Waals surface area contributed by atoms with Gasteiger partial charge in [0.05, 0.1) is 0 Å². The second-order valence-electron chi connectivity index (χ2n) is 6.15. The van der Waals surface area contributed by atoms with Gasteiger partial charge in [-0.15, -0.1) is 0 Å². The topological polar surface area (TPSA) is 93.8 Å². The van der Waals surface area contributed by atoms with Crippen molar-refractivity contribution >= 4 is 11.7 Å². The molecule has 0 fully saturated rings. The van der Waals surface area contributed by atoms with Gasteiger partial charge in [-0.3, -0.25) is 4.79 Å². The summed E-state index contributed by atoms with van der Waals surface area (Å²) in [6.45, 7) is 3.58. The monoisotopic (exact) mass is 357 g/mol.